The summed E-state index contributed by atoms with van der Waals surface area (Å²) in [6.45, 7) is 0. The van der Waals surface area contributed by atoms with E-state index in [0.717, 1.165) is 21.8 Å². The van der Waals surface area contributed by atoms with Crippen LogP contribution in [-0.2, 0) is 7.05 Å². The molecule has 25 heavy (non-hydrogen) atoms. The molecule has 0 saturated heterocycles. The number of aromatic nitrogens is 4. The smallest absolute Gasteiger partial charge is 0.275 e. The predicted molar refractivity (Wildman–Crippen MR) is 99.8 cm³/mol. The molecule has 0 aliphatic carbocycles. The fourth-order valence-electron chi connectivity index (χ4n) is 2.36. The second kappa shape index (κ2) is 6.58. The number of anilines is 1. The number of thiophene rings is 1. The minimum atomic E-state index is -0.232. The van der Waals surface area contributed by atoms with Crippen molar-refractivity contribution in [1.82, 2.24) is 19.7 Å². The molecule has 0 aliphatic heterocycles. The van der Waals surface area contributed by atoms with Gasteiger partial charge in [-0.05, 0) is 29.6 Å². The molecule has 0 bridgehead atoms. The maximum absolute atomic E-state index is 12.5. The third-order valence-corrected chi connectivity index (χ3v) is 5.22. The maximum atomic E-state index is 12.5. The zero-order chi connectivity index (χ0) is 17.2. The Morgan fingerprint density at radius 3 is 2.88 bits per heavy atom. The van der Waals surface area contributed by atoms with Crippen molar-refractivity contribution in [2.45, 2.75) is 0 Å². The standard InChI is InChI=1S/C17H13N5OS2/c1-22-14(8-12(21-22)15-5-3-7-24-15)16(23)20-17-19-13(10-25-17)11-4-2-6-18-9-11/h2-10H,1H3,(H,19,20,23). The number of carbonyl (C=O) groups excluding carboxylic acids is 1. The Labute approximate surface area is 151 Å². The monoisotopic (exact) mass is 367 g/mol. The number of rotatable bonds is 4. The first-order valence-corrected chi connectivity index (χ1v) is 9.22. The SMILES string of the molecule is Cn1nc(-c2cccs2)cc1C(=O)Nc1nc(-c2cccnc2)cs1. The van der Waals surface area contributed by atoms with Gasteiger partial charge in [0.15, 0.2) is 5.13 Å². The van der Waals surface area contributed by atoms with Crippen LogP contribution in [0.25, 0.3) is 21.8 Å². The average Bonchev–Trinajstić information content (AvgIpc) is 3.35. The fourth-order valence-corrected chi connectivity index (χ4v) is 3.76. The highest BCUT2D eigenvalue weighted by atomic mass is 32.1. The molecular formula is C17H13N5OS2. The van der Waals surface area contributed by atoms with Gasteiger partial charge >= 0.3 is 0 Å². The molecule has 4 heterocycles. The molecule has 0 aliphatic rings. The van der Waals surface area contributed by atoms with Crippen LogP contribution in [-0.4, -0.2) is 25.7 Å². The van der Waals surface area contributed by atoms with Crippen LogP contribution < -0.4 is 5.32 Å². The number of hydrogen-bond acceptors (Lipinski definition) is 6. The van der Waals surface area contributed by atoms with Crippen molar-refractivity contribution in [3.05, 3.63) is 59.2 Å². The average molecular weight is 367 g/mol. The van der Waals surface area contributed by atoms with Gasteiger partial charge in [0.1, 0.15) is 11.4 Å². The van der Waals surface area contributed by atoms with Gasteiger partial charge in [-0.2, -0.15) is 5.10 Å². The number of amides is 1. The summed E-state index contributed by atoms with van der Waals surface area (Å²) in [5.41, 5.74) is 2.98. The van der Waals surface area contributed by atoms with Crippen LogP contribution in [0.5, 0.6) is 0 Å². The number of pyridine rings is 1. The summed E-state index contributed by atoms with van der Waals surface area (Å²) in [6, 6.07) is 9.52. The lowest BCUT2D eigenvalue weighted by Gasteiger charge is -2.01. The molecule has 4 aromatic rings. The number of hydrogen-bond donors (Lipinski definition) is 1. The molecule has 0 fully saturated rings. The van der Waals surface area contributed by atoms with Crippen LogP contribution in [0.2, 0.25) is 0 Å². The highest BCUT2D eigenvalue weighted by Gasteiger charge is 2.16. The van der Waals surface area contributed by atoms with Crippen molar-refractivity contribution in [3.8, 4) is 21.8 Å². The molecule has 6 nitrogen and oxygen atoms in total. The Bertz CT molecular complexity index is 1010. The minimum absolute atomic E-state index is 0.232. The van der Waals surface area contributed by atoms with Crippen LogP contribution in [0.3, 0.4) is 0 Å². The van der Waals surface area contributed by atoms with E-state index < -0.39 is 0 Å². The third-order valence-electron chi connectivity index (χ3n) is 3.57. The molecule has 8 heteroatoms. The van der Waals surface area contributed by atoms with Crippen LogP contribution in [0.4, 0.5) is 5.13 Å². The van der Waals surface area contributed by atoms with Crippen molar-refractivity contribution < 1.29 is 4.79 Å². The lowest BCUT2D eigenvalue weighted by atomic mass is 10.2. The van der Waals surface area contributed by atoms with Gasteiger partial charge in [-0.25, -0.2) is 4.98 Å². The molecule has 124 valence electrons. The third kappa shape index (κ3) is 3.21. The lowest BCUT2D eigenvalue weighted by molar-refractivity contribution is 0.101. The van der Waals surface area contributed by atoms with Gasteiger partial charge in [0.2, 0.25) is 0 Å². The molecule has 0 spiro atoms. The van der Waals surface area contributed by atoms with Crippen LogP contribution in [0, 0.1) is 0 Å². The number of aryl methyl sites for hydroxylation is 1. The van der Waals surface area contributed by atoms with Crippen LogP contribution in [0.1, 0.15) is 10.5 Å². The Morgan fingerprint density at radius 2 is 2.12 bits per heavy atom. The van der Waals surface area contributed by atoms with E-state index in [1.54, 1.807) is 41.5 Å². The Hall–Kier alpha value is -2.84. The van der Waals surface area contributed by atoms with Crippen molar-refractivity contribution in [2.24, 2.45) is 7.05 Å². The van der Waals surface area contributed by atoms with E-state index in [-0.39, 0.29) is 5.91 Å². The number of nitrogens with one attached hydrogen (secondary N) is 1. The molecule has 0 radical (unpaired) electrons. The molecular weight excluding hydrogens is 354 g/mol. The van der Waals surface area contributed by atoms with Gasteiger partial charge in [0.05, 0.1) is 10.6 Å². The summed E-state index contributed by atoms with van der Waals surface area (Å²) in [5.74, 6) is -0.232. The molecule has 0 atom stereocenters. The Kier molecular flexibility index (Phi) is 4.12. The van der Waals surface area contributed by atoms with E-state index in [2.05, 4.69) is 20.4 Å². The second-order valence-corrected chi connectivity index (χ2v) is 7.06. The summed E-state index contributed by atoms with van der Waals surface area (Å²) in [7, 11) is 1.76. The summed E-state index contributed by atoms with van der Waals surface area (Å²) >= 11 is 2.97. The van der Waals surface area contributed by atoms with E-state index in [1.165, 1.54) is 11.3 Å². The quantitative estimate of drug-likeness (QED) is 0.593. The fraction of sp³-hybridized carbons (Fsp3) is 0.0588. The minimum Gasteiger partial charge on any atom is -0.296 e. The summed E-state index contributed by atoms with van der Waals surface area (Å²) in [5, 5.41) is 11.7. The molecule has 4 rings (SSSR count). The van der Waals surface area contributed by atoms with E-state index in [1.807, 2.05) is 35.0 Å². The topological polar surface area (TPSA) is 72.7 Å². The Morgan fingerprint density at radius 1 is 1.20 bits per heavy atom. The van der Waals surface area contributed by atoms with Gasteiger partial charge in [-0.1, -0.05) is 6.07 Å². The zero-order valence-corrected chi connectivity index (χ0v) is 14.8. The Balaban J connectivity index is 1.54. The lowest BCUT2D eigenvalue weighted by Crippen LogP contribution is -2.15. The summed E-state index contributed by atoms with van der Waals surface area (Å²) in [6.07, 6.45) is 3.46. The highest BCUT2D eigenvalue weighted by molar-refractivity contribution is 7.14. The molecule has 1 amide bonds. The van der Waals surface area contributed by atoms with Crippen molar-refractivity contribution in [2.75, 3.05) is 5.32 Å². The first-order chi connectivity index (χ1) is 12.2. The van der Waals surface area contributed by atoms with E-state index in [0.29, 0.717) is 10.8 Å². The highest BCUT2D eigenvalue weighted by Crippen LogP contribution is 2.26. The summed E-state index contributed by atoms with van der Waals surface area (Å²) in [4.78, 5) is 22.1. The predicted octanol–water partition coefficient (Wildman–Crippen LogP) is 3.92. The summed E-state index contributed by atoms with van der Waals surface area (Å²) < 4.78 is 1.58. The number of carbonyl (C=O) groups is 1. The molecule has 0 saturated carbocycles. The van der Waals surface area contributed by atoms with Gasteiger partial charge in [-0.3, -0.25) is 19.8 Å². The van der Waals surface area contributed by atoms with Gasteiger partial charge in [0.25, 0.3) is 5.91 Å². The van der Waals surface area contributed by atoms with Crippen LogP contribution >= 0.6 is 22.7 Å². The van der Waals surface area contributed by atoms with E-state index >= 15 is 0 Å². The maximum Gasteiger partial charge on any atom is 0.275 e. The first-order valence-electron chi connectivity index (χ1n) is 7.46. The second-order valence-electron chi connectivity index (χ2n) is 5.25. The molecule has 1 N–H and O–H groups in total. The number of nitrogens with zero attached hydrogens (tertiary/aromatic N) is 4. The number of thiazole rings is 1. The van der Waals surface area contributed by atoms with Crippen molar-refractivity contribution >= 4 is 33.7 Å². The van der Waals surface area contributed by atoms with Gasteiger partial charge in [0, 0.05) is 30.4 Å². The van der Waals surface area contributed by atoms with Crippen molar-refractivity contribution in [1.29, 1.82) is 0 Å². The van der Waals surface area contributed by atoms with E-state index in [4.69, 9.17) is 0 Å². The van der Waals surface area contributed by atoms with Gasteiger partial charge < -0.3 is 0 Å². The van der Waals surface area contributed by atoms with Crippen molar-refractivity contribution in [3.63, 3.8) is 0 Å². The largest absolute Gasteiger partial charge is 0.296 e. The molecule has 0 unspecified atom stereocenters. The van der Waals surface area contributed by atoms with Crippen LogP contribution in [0.15, 0.2) is 53.5 Å². The normalized spacial score (nSPS) is 10.8. The molecule has 4 aromatic heterocycles. The van der Waals surface area contributed by atoms with Gasteiger partial charge in [-0.15, -0.1) is 22.7 Å². The zero-order valence-electron chi connectivity index (χ0n) is 13.2. The first kappa shape index (κ1) is 15.7. The van der Waals surface area contributed by atoms with E-state index in [9.17, 15) is 4.79 Å². The molecule has 0 aromatic carbocycles.